The highest BCUT2D eigenvalue weighted by molar-refractivity contribution is 6.35. The van der Waals surface area contributed by atoms with E-state index >= 15 is 0 Å². The number of rotatable bonds is 6. The minimum atomic E-state index is -1.50. The van der Waals surface area contributed by atoms with Crippen LogP contribution in [-0.2, 0) is 19.2 Å². The monoisotopic (exact) mass is 292 g/mol. The number of carbonyl (C=O) groups excluding carboxylic acids is 2. The van der Waals surface area contributed by atoms with Gasteiger partial charge >= 0.3 is 11.9 Å². The summed E-state index contributed by atoms with van der Waals surface area (Å²) in [6, 6.07) is 0. The van der Waals surface area contributed by atoms with Gasteiger partial charge in [0.2, 0.25) is 11.6 Å². The van der Waals surface area contributed by atoms with Crippen molar-refractivity contribution in [3.8, 4) is 0 Å². The highest BCUT2D eigenvalue weighted by atomic mass is 16.4. The number of carboxylic acids is 2. The number of carbonyl (C=O) groups is 4. The summed E-state index contributed by atoms with van der Waals surface area (Å²) in [6.07, 6.45) is 0. The standard InChI is InChI=1S/2C6H10O4/c2*1-6(2,3-7)4(8)5(9)10/h2*7H,3H2,1-2H3,(H,9,10). The minimum absolute atomic E-state index is 0.446. The van der Waals surface area contributed by atoms with Crippen LogP contribution in [0.4, 0.5) is 0 Å². The molecule has 0 radical (unpaired) electrons. The Morgan fingerprint density at radius 1 is 0.700 bits per heavy atom. The summed E-state index contributed by atoms with van der Waals surface area (Å²) in [5.41, 5.74) is -2.32. The molecule has 0 saturated heterocycles. The van der Waals surface area contributed by atoms with E-state index in [1.54, 1.807) is 0 Å². The lowest BCUT2D eigenvalue weighted by molar-refractivity contribution is -0.154. The van der Waals surface area contributed by atoms with Gasteiger partial charge < -0.3 is 20.4 Å². The zero-order valence-electron chi connectivity index (χ0n) is 11.8. The second-order valence-corrected chi connectivity index (χ2v) is 5.35. The SMILES string of the molecule is CC(C)(CO)C(=O)C(=O)O.CC(C)(CO)C(=O)C(=O)O. The molecule has 0 fully saturated rings. The topological polar surface area (TPSA) is 149 Å². The van der Waals surface area contributed by atoms with Crippen LogP contribution in [0, 0.1) is 10.8 Å². The average molecular weight is 292 g/mol. The molecule has 0 aliphatic heterocycles. The first-order chi connectivity index (χ1) is 8.83. The van der Waals surface area contributed by atoms with Crippen molar-refractivity contribution in [3.63, 3.8) is 0 Å². The van der Waals surface area contributed by atoms with Gasteiger partial charge in [-0.15, -0.1) is 0 Å². The Morgan fingerprint density at radius 2 is 0.900 bits per heavy atom. The predicted octanol–water partition coefficient (Wildman–Crippen LogP) is -0.683. The molecule has 0 bridgehead atoms. The maximum atomic E-state index is 10.6. The van der Waals surface area contributed by atoms with Gasteiger partial charge in [0.25, 0.3) is 0 Å². The van der Waals surface area contributed by atoms with Crippen LogP contribution in [-0.4, -0.2) is 57.1 Å². The molecular weight excluding hydrogens is 272 g/mol. The number of hydrogen-bond donors (Lipinski definition) is 4. The van der Waals surface area contributed by atoms with Crippen LogP contribution < -0.4 is 0 Å². The minimum Gasteiger partial charge on any atom is -0.475 e. The molecule has 0 saturated carbocycles. The molecule has 8 heteroatoms. The van der Waals surface area contributed by atoms with Crippen molar-refractivity contribution < 1.29 is 39.6 Å². The molecule has 0 unspecified atom stereocenters. The molecule has 116 valence electrons. The third-order valence-electron chi connectivity index (χ3n) is 2.41. The second-order valence-electron chi connectivity index (χ2n) is 5.35. The Balaban J connectivity index is 0. The van der Waals surface area contributed by atoms with Crippen molar-refractivity contribution in [1.29, 1.82) is 0 Å². The largest absolute Gasteiger partial charge is 0.475 e. The van der Waals surface area contributed by atoms with Gasteiger partial charge in [0.15, 0.2) is 0 Å². The molecule has 0 atom stereocenters. The van der Waals surface area contributed by atoms with Gasteiger partial charge in [-0.1, -0.05) is 27.7 Å². The van der Waals surface area contributed by atoms with Crippen LogP contribution >= 0.6 is 0 Å². The van der Waals surface area contributed by atoms with Gasteiger partial charge in [-0.2, -0.15) is 0 Å². The van der Waals surface area contributed by atoms with Crippen molar-refractivity contribution in [3.05, 3.63) is 0 Å². The van der Waals surface area contributed by atoms with E-state index in [9.17, 15) is 19.2 Å². The van der Waals surface area contributed by atoms with E-state index in [1.807, 2.05) is 0 Å². The molecule has 0 aliphatic rings. The number of aliphatic hydroxyl groups is 2. The molecule has 20 heavy (non-hydrogen) atoms. The maximum Gasteiger partial charge on any atom is 0.372 e. The van der Waals surface area contributed by atoms with Gasteiger partial charge in [0, 0.05) is 0 Å². The van der Waals surface area contributed by atoms with Crippen LogP contribution in [0.2, 0.25) is 0 Å². The van der Waals surface area contributed by atoms with Gasteiger partial charge in [0.1, 0.15) is 0 Å². The van der Waals surface area contributed by atoms with E-state index in [0.29, 0.717) is 0 Å². The average Bonchev–Trinajstić information content (AvgIpc) is 2.37. The molecule has 0 heterocycles. The fourth-order valence-corrected chi connectivity index (χ4v) is 0.723. The van der Waals surface area contributed by atoms with Crippen molar-refractivity contribution >= 4 is 23.5 Å². The van der Waals surface area contributed by atoms with Crippen molar-refractivity contribution in [2.45, 2.75) is 27.7 Å². The van der Waals surface area contributed by atoms with Crippen LogP contribution in [0.5, 0.6) is 0 Å². The van der Waals surface area contributed by atoms with E-state index in [1.165, 1.54) is 27.7 Å². The van der Waals surface area contributed by atoms with Gasteiger partial charge in [0.05, 0.1) is 24.0 Å². The first-order valence-electron chi connectivity index (χ1n) is 5.60. The summed E-state index contributed by atoms with van der Waals surface area (Å²) < 4.78 is 0. The highest BCUT2D eigenvalue weighted by Crippen LogP contribution is 2.15. The third kappa shape index (κ3) is 6.39. The van der Waals surface area contributed by atoms with Gasteiger partial charge in [-0.25, -0.2) is 9.59 Å². The second kappa shape index (κ2) is 7.71. The fourth-order valence-electron chi connectivity index (χ4n) is 0.723. The number of aliphatic hydroxyl groups excluding tert-OH is 2. The lowest BCUT2D eigenvalue weighted by Gasteiger charge is -2.15. The molecule has 0 amide bonds. The smallest absolute Gasteiger partial charge is 0.372 e. The molecule has 0 aromatic rings. The van der Waals surface area contributed by atoms with Crippen LogP contribution in [0.15, 0.2) is 0 Å². The molecular formula is C12H20O8. The number of aliphatic carboxylic acids is 2. The summed E-state index contributed by atoms with van der Waals surface area (Å²) in [7, 11) is 0. The van der Waals surface area contributed by atoms with E-state index in [2.05, 4.69) is 0 Å². The molecule has 0 aromatic carbocycles. The fraction of sp³-hybridized carbons (Fsp3) is 0.667. The number of hydrogen-bond acceptors (Lipinski definition) is 6. The molecule has 0 spiro atoms. The normalized spacial score (nSPS) is 11.1. The van der Waals surface area contributed by atoms with Crippen molar-refractivity contribution in [2.24, 2.45) is 10.8 Å². The van der Waals surface area contributed by atoms with Crippen LogP contribution in [0.3, 0.4) is 0 Å². The Morgan fingerprint density at radius 3 is 0.950 bits per heavy atom. The molecule has 4 N–H and O–H groups in total. The van der Waals surface area contributed by atoms with Crippen molar-refractivity contribution in [1.82, 2.24) is 0 Å². The van der Waals surface area contributed by atoms with E-state index in [4.69, 9.17) is 20.4 Å². The van der Waals surface area contributed by atoms with Crippen LogP contribution in [0.1, 0.15) is 27.7 Å². The highest BCUT2D eigenvalue weighted by Gasteiger charge is 2.32. The van der Waals surface area contributed by atoms with E-state index in [-0.39, 0.29) is 0 Å². The van der Waals surface area contributed by atoms with E-state index < -0.39 is 47.5 Å². The number of carboxylic acid groups (broad SMARTS) is 2. The quantitative estimate of drug-likeness (QED) is 0.470. The molecule has 0 aliphatic carbocycles. The molecule has 0 rings (SSSR count). The lowest BCUT2D eigenvalue weighted by atomic mass is 9.89. The third-order valence-corrected chi connectivity index (χ3v) is 2.41. The first kappa shape index (κ1) is 20.5. The summed E-state index contributed by atoms with van der Waals surface area (Å²) in [6.45, 7) is 4.62. The Hall–Kier alpha value is -1.80. The molecule has 8 nitrogen and oxygen atoms in total. The number of Topliss-reactive ketones (excluding diaryl/α,β-unsaturated/α-hetero) is 2. The van der Waals surface area contributed by atoms with Crippen LogP contribution in [0.25, 0.3) is 0 Å². The van der Waals surface area contributed by atoms with Gasteiger partial charge in [-0.05, 0) is 0 Å². The van der Waals surface area contributed by atoms with E-state index in [0.717, 1.165) is 0 Å². The maximum absolute atomic E-state index is 10.6. The summed E-state index contributed by atoms with van der Waals surface area (Å²) in [5, 5.41) is 33.4. The zero-order chi connectivity index (χ0) is 16.7. The summed E-state index contributed by atoms with van der Waals surface area (Å²) >= 11 is 0. The molecule has 0 aromatic heterocycles. The number of ketones is 2. The summed E-state index contributed by atoms with van der Waals surface area (Å²) in [4.78, 5) is 41.4. The van der Waals surface area contributed by atoms with Crippen molar-refractivity contribution in [2.75, 3.05) is 13.2 Å². The Bertz CT molecular complexity index is 356. The first-order valence-corrected chi connectivity index (χ1v) is 5.60. The zero-order valence-corrected chi connectivity index (χ0v) is 11.8. The Labute approximate surface area is 116 Å². The van der Waals surface area contributed by atoms with Gasteiger partial charge in [-0.3, -0.25) is 9.59 Å². The predicted molar refractivity (Wildman–Crippen MR) is 67.0 cm³/mol. The summed E-state index contributed by atoms with van der Waals surface area (Å²) in [5.74, 6) is -4.93. The lowest BCUT2D eigenvalue weighted by Crippen LogP contribution is -2.34. The Kier molecular flexibility index (Phi) is 7.91.